The molecule has 0 bridgehead atoms. The summed E-state index contributed by atoms with van der Waals surface area (Å²) in [5, 5.41) is 2.96. The molecule has 0 aliphatic rings. The van der Waals surface area contributed by atoms with Gasteiger partial charge in [-0.1, -0.05) is 36.4 Å². The highest BCUT2D eigenvalue weighted by molar-refractivity contribution is 5.95. The number of rotatable bonds is 8. The molecule has 1 aromatic heterocycles. The molecule has 31 heavy (non-hydrogen) atoms. The average Bonchev–Trinajstić information content (AvgIpc) is 2.79. The van der Waals surface area contributed by atoms with Gasteiger partial charge >= 0.3 is 5.97 Å². The molecule has 2 aromatic carbocycles. The predicted octanol–water partition coefficient (Wildman–Crippen LogP) is 4.31. The number of esters is 1. The number of aromatic nitrogens is 1. The van der Waals surface area contributed by atoms with Crippen LogP contribution in [0.25, 0.3) is 0 Å². The fourth-order valence-corrected chi connectivity index (χ4v) is 3.38. The second kappa shape index (κ2) is 10.4. The molecule has 0 radical (unpaired) electrons. The summed E-state index contributed by atoms with van der Waals surface area (Å²) in [5.74, 6) is 0.0954. The van der Waals surface area contributed by atoms with E-state index in [1.165, 1.54) is 7.11 Å². The number of amides is 1. The maximum absolute atomic E-state index is 13.0. The van der Waals surface area contributed by atoms with Gasteiger partial charge in [0.25, 0.3) is 5.91 Å². The van der Waals surface area contributed by atoms with E-state index in [0.29, 0.717) is 12.2 Å². The van der Waals surface area contributed by atoms with Crippen molar-refractivity contribution in [1.82, 2.24) is 10.3 Å². The van der Waals surface area contributed by atoms with Gasteiger partial charge in [-0.25, -0.2) is 0 Å². The Balaban J connectivity index is 1.76. The molecule has 0 saturated carbocycles. The Kier molecular flexibility index (Phi) is 7.38. The lowest BCUT2D eigenvalue weighted by Crippen LogP contribution is -2.30. The number of benzene rings is 2. The molecule has 1 unspecified atom stereocenters. The third kappa shape index (κ3) is 5.92. The number of aryl methyl sites for hydroxylation is 2. The molecule has 1 N–H and O–H groups in total. The van der Waals surface area contributed by atoms with Crippen LogP contribution in [0.4, 0.5) is 0 Å². The first-order valence-electron chi connectivity index (χ1n) is 10.0. The zero-order chi connectivity index (χ0) is 22.2. The van der Waals surface area contributed by atoms with E-state index < -0.39 is 6.04 Å². The van der Waals surface area contributed by atoms with E-state index in [9.17, 15) is 9.59 Å². The number of carbonyl (C=O) groups is 2. The predicted molar refractivity (Wildman–Crippen MR) is 118 cm³/mol. The Hall–Kier alpha value is -3.67. The van der Waals surface area contributed by atoms with Gasteiger partial charge in [-0.2, -0.15) is 0 Å². The van der Waals surface area contributed by atoms with Crippen LogP contribution in [0.15, 0.2) is 67.0 Å². The average molecular weight is 418 g/mol. The van der Waals surface area contributed by atoms with Gasteiger partial charge < -0.3 is 14.8 Å². The number of hydrogen-bond donors (Lipinski definition) is 1. The summed E-state index contributed by atoms with van der Waals surface area (Å²) in [5.41, 5.74) is 4.04. The SMILES string of the molecule is COC(=O)CC(NC(=O)c1cc(C)c(OCc2cccnc2)c(C)c1)c1ccccc1. The number of ether oxygens (including phenoxy) is 2. The summed E-state index contributed by atoms with van der Waals surface area (Å²) in [6.45, 7) is 4.22. The number of nitrogens with zero attached hydrogens (tertiary/aromatic N) is 1. The highest BCUT2D eigenvalue weighted by atomic mass is 16.5. The number of nitrogens with one attached hydrogen (secondary N) is 1. The van der Waals surface area contributed by atoms with Crippen molar-refractivity contribution in [2.75, 3.05) is 7.11 Å². The molecule has 3 rings (SSSR count). The highest BCUT2D eigenvalue weighted by Crippen LogP contribution is 2.26. The Labute approximate surface area is 182 Å². The molecule has 160 valence electrons. The largest absolute Gasteiger partial charge is 0.488 e. The molecule has 6 nitrogen and oxygen atoms in total. The van der Waals surface area contributed by atoms with Gasteiger partial charge in [-0.05, 0) is 48.7 Å². The van der Waals surface area contributed by atoms with Crippen molar-refractivity contribution in [2.24, 2.45) is 0 Å². The molecule has 0 aliphatic heterocycles. The van der Waals surface area contributed by atoms with Crippen LogP contribution in [0.3, 0.4) is 0 Å². The quantitative estimate of drug-likeness (QED) is 0.552. The van der Waals surface area contributed by atoms with E-state index in [1.54, 1.807) is 24.5 Å². The van der Waals surface area contributed by atoms with Crippen molar-refractivity contribution in [2.45, 2.75) is 32.9 Å². The van der Waals surface area contributed by atoms with Crippen molar-refractivity contribution in [3.05, 3.63) is 94.8 Å². The van der Waals surface area contributed by atoms with Crippen molar-refractivity contribution >= 4 is 11.9 Å². The van der Waals surface area contributed by atoms with Crippen molar-refractivity contribution < 1.29 is 19.1 Å². The standard InChI is InChI=1S/C25H26N2O4/c1-17-12-21(13-18(2)24(17)31-16-19-8-7-11-26-15-19)25(29)27-22(14-23(28)30-3)20-9-5-4-6-10-20/h4-13,15,22H,14,16H2,1-3H3,(H,27,29). The minimum Gasteiger partial charge on any atom is -0.488 e. The zero-order valence-electron chi connectivity index (χ0n) is 17.9. The fourth-order valence-electron chi connectivity index (χ4n) is 3.38. The maximum atomic E-state index is 13.0. The Morgan fingerprint density at radius 3 is 2.35 bits per heavy atom. The monoisotopic (exact) mass is 418 g/mol. The minimum atomic E-state index is -0.483. The Morgan fingerprint density at radius 1 is 1.03 bits per heavy atom. The third-order valence-electron chi connectivity index (χ3n) is 4.93. The van der Waals surface area contributed by atoms with Crippen LogP contribution in [0.5, 0.6) is 5.75 Å². The molecule has 0 saturated heterocycles. The topological polar surface area (TPSA) is 77.5 Å². The zero-order valence-corrected chi connectivity index (χ0v) is 17.9. The smallest absolute Gasteiger partial charge is 0.307 e. The van der Waals surface area contributed by atoms with Crippen LogP contribution in [0, 0.1) is 13.8 Å². The van der Waals surface area contributed by atoms with Gasteiger partial charge in [0.2, 0.25) is 0 Å². The first-order valence-corrected chi connectivity index (χ1v) is 10.0. The van der Waals surface area contributed by atoms with Gasteiger partial charge in [0, 0.05) is 23.5 Å². The van der Waals surface area contributed by atoms with Gasteiger partial charge in [0.1, 0.15) is 12.4 Å². The normalized spacial score (nSPS) is 11.5. The summed E-state index contributed by atoms with van der Waals surface area (Å²) >= 11 is 0. The molecular formula is C25H26N2O4. The van der Waals surface area contributed by atoms with Crippen LogP contribution >= 0.6 is 0 Å². The number of pyridine rings is 1. The summed E-state index contributed by atoms with van der Waals surface area (Å²) in [6, 6.07) is 16.3. The summed E-state index contributed by atoms with van der Waals surface area (Å²) in [6.07, 6.45) is 3.53. The Bertz CT molecular complexity index is 1010. The van der Waals surface area contributed by atoms with Crippen molar-refractivity contribution in [1.29, 1.82) is 0 Å². The van der Waals surface area contributed by atoms with E-state index in [-0.39, 0.29) is 18.3 Å². The van der Waals surface area contributed by atoms with Crippen molar-refractivity contribution in [3.63, 3.8) is 0 Å². The number of carbonyl (C=O) groups excluding carboxylic acids is 2. The van der Waals surface area contributed by atoms with Gasteiger partial charge in [-0.15, -0.1) is 0 Å². The molecule has 6 heteroatoms. The first kappa shape index (κ1) is 22.0. The minimum absolute atomic E-state index is 0.0521. The molecular weight excluding hydrogens is 392 g/mol. The molecule has 0 aliphatic carbocycles. The molecule has 1 heterocycles. The molecule has 0 spiro atoms. The van der Waals surface area contributed by atoms with Crippen molar-refractivity contribution in [3.8, 4) is 5.75 Å². The van der Waals surface area contributed by atoms with Gasteiger partial charge in [0.15, 0.2) is 0 Å². The van der Waals surface area contributed by atoms with E-state index in [2.05, 4.69) is 10.3 Å². The molecule has 1 atom stereocenters. The second-order valence-corrected chi connectivity index (χ2v) is 7.31. The van der Waals surface area contributed by atoms with E-state index in [1.807, 2.05) is 56.3 Å². The van der Waals surface area contributed by atoms with Crippen LogP contribution in [-0.4, -0.2) is 24.0 Å². The van der Waals surface area contributed by atoms with Crippen LogP contribution in [0.2, 0.25) is 0 Å². The van der Waals surface area contributed by atoms with Crippen LogP contribution in [-0.2, 0) is 16.1 Å². The summed E-state index contributed by atoms with van der Waals surface area (Å²) in [7, 11) is 1.34. The number of methoxy groups -OCH3 is 1. The first-order chi connectivity index (χ1) is 15.0. The second-order valence-electron chi connectivity index (χ2n) is 7.31. The number of hydrogen-bond acceptors (Lipinski definition) is 5. The Morgan fingerprint density at radius 2 is 1.74 bits per heavy atom. The van der Waals surface area contributed by atoms with Crippen LogP contribution < -0.4 is 10.1 Å². The lowest BCUT2D eigenvalue weighted by molar-refractivity contribution is -0.141. The molecule has 1 amide bonds. The van der Waals surface area contributed by atoms with Gasteiger partial charge in [-0.3, -0.25) is 14.6 Å². The lowest BCUT2D eigenvalue weighted by atomic mass is 10.0. The fraction of sp³-hybridized carbons (Fsp3) is 0.240. The van der Waals surface area contributed by atoms with E-state index in [4.69, 9.17) is 9.47 Å². The highest BCUT2D eigenvalue weighted by Gasteiger charge is 2.20. The van der Waals surface area contributed by atoms with E-state index >= 15 is 0 Å². The summed E-state index contributed by atoms with van der Waals surface area (Å²) in [4.78, 5) is 28.9. The lowest BCUT2D eigenvalue weighted by Gasteiger charge is -2.19. The van der Waals surface area contributed by atoms with Gasteiger partial charge in [0.05, 0.1) is 19.6 Å². The summed E-state index contributed by atoms with van der Waals surface area (Å²) < 4.78 is 10.8. The third-order valence-corrected chi connectivity index (χ3v) is 4.93. The van der Waals surface area contributed by atoms with E-state index in [0.717, 1.165) is 28.0 Å². The van der Waals surface area contributed by atoms with Crippen LogP contribution in [0.1, 0.15) is 45.1 Å². The molecule has 3 aromatic rings. The maximum Gasteiger partial charge on any atom is 0.307 e. The molecule has 0 fully saturated rings.